The second kappa shape index (κ2) is 4.53. The summed E-state index contributed by atoms with van der Waals surface area (Å²) in [6.45, 7) is 5.47. The Hall–Kier alpha value is -1.69. The van der Waals surface area contributed by atoms with Gasteiger partial charge in [0.1, 0.15) is 24.0 Å². The Kier molecular flexibility index (Phi) is 3.21. The summed E-state index contributed by atoms with van der Waals surface area (Å²) in [6, 6.07) is 0. The number of fused-ring (bicyclic) bond motifs is 1. The van der Waals surface area contributed by atoms with Crippen molar-refractivity contribution in [1.82, 2.24) is 19.5 Å². The Morgan fingerprint density at radius 2 is 2.11 bits per heavy atom. The van der Waals surface area contributed by atoms with E-state index in [2.05, 4.69) is 15.0 Å². The number of carbonyl (C=O) groups excluding carboxylic acids is 1. The van der Waals surface area contributed by atoms with Crippen LogP contribution in [0.1, 0.15) is 20.8 Å². The third kappa shape index (κ3) is 2.76. The quantitative estimate of drug-likeness (QED) is 0.614. The van der Waals surface area contributed by atoms with E-state index in [1.807, 2.05) is 20.8 Å². The van der Waals surface area contributed by atoms with Crippen LogP contribution in [0, 0.1) is 0 Å². The molecule has 7 heteroatoms. The Morgan fingerprint density at radius 3 is 2.78 bits per heavy atom. The third-order valence-electron chi connectivity index (χ3n) is 2.08. The molecule has 0 spiro atoms. The maximum Gasteiger partial charge on any atom is 0.326 e. The van der Waals surface area contributed by atoms with Gasteiger partial charge in [-0.1, -0.05) is 11.6 Å². The molecule has 0 aliphatic rings. The molecule has 0 atom stereocenters. The van der Waals surface area contributed by atoms with Crippen LogP contribution in [-0.4, -0.2) is 31.1 Å². The van der Waals surface area contributed by atoms with Crippen LogP contribution in [0.2, 0.25) is 5.15 Å². The van der Waals surface area contributed by atoms with Gasteiger partial charge in [-0.25, -0.2) is 15.0 Å². The van der Waals surface area contributed by atoms with Crippen LogP contribution in [0.15, 0.2) is 12.7 Å². The maximum absolute atomic E-state index is 11.7. The molecule has 2 aromatic heterocycles. The predicted molar refractivity (Wildman–Crippen MR) is 66.2 cm³/mol. The standard InChI is InChI=1S/C11H13ClN4O2/c1-11(2,3)18-7(17)4-16-6-15-10-8(16)9(12)13-5-14-10/h5-6H,4H2,1-3H3. The number of hydrogen-bond acceptors (Lipinski definition) is 5. The molecule has 0 bridgehead atoms. The van der Waals surface area contributed by atoms with Crippen molar-refractivity contribution >= 4 is 28.7 Å². The molecule has 0 radical (unpaired) electrons. The number of aromatic nitrogens is 4. The zero-order valence-electron chi connectivity index (χ0n) is 10.3. The number of halogens is 1. The normalized spacial score (nSPS) is 11.8. The zero-order valence-corrected chi connectivity index (χ0v) is 11.1. The molecule has 0 amide bonds. The highest BCUT2D eigenvalue weighted by atomic mass is 35.5. The summed E-state index contributed by atoms with van der Waals surface area (Å²) in [6.07, 6.45) is 2.82. The Morgan fingerprint density at radius 1 is 1.39 bits per heavy atom. The monoisotopic (exact) mass is 268 g/mol. The number of carbonyl (C=O) groups is 1. The molecule has 0 saturated heterocycles. The van der Waals surface area contributed by atoms with E-state index in [-0.39, 0.29) is 17.7 Å². The topological polar surface area (TPSA) is 69.9 Å². The minimum Gasteiger partial charge on any atom is -0.459 e. The van der Waals surface area contributed by atoms with Crippen molar-refractivity contribution in [3.63, 3.8) is 0 Å². The summed E-state index contributed by atoms with van der Waals surface area (Å²) in [5, 5.41) is 0.265. The van der Waals surface area contributed by atoms with Gasteiger partial charge in [-0.15, -0.1) is 0 Å². The van der Waals surface area contributed by atoms with E-state index < -0.39 is 5.60 Å². The summed E-state index contributed by atoms with van der Waals surface area (Å²) in [7, 11) is 0. The molecule has 2 rings (SSSR count). The molecule has 0 aliphatic heterocycles. The van der Waals surface area contributed by atoms with Crippen LogP contribution in [-0.2, 0) is 16.1 Å². The average Bonchev–Trinajstić information content (AvgIpc) is 2.59. The van der Waals surface area contributed by atoms with Gasteiger partial charge in [0, 0.05) is 0 Å². The highest BCUT2D eigenvalue weighted by Crippen LogP contribution is 2.18. The van der Waals surface area contributed by atoms with Gasteiger partial charge in [-0.2, -0.15) is 0 Å². The second-order valence-corrected chi connectivity index (χ2v) is 5.15. The first-order valence-corrected chi connectivity index (χ1v) is 5.78. The zero-order chi connectivity index (χ0) is 13.3. The molecule has 0 unspecified atom stereocenters. The van der Waals surface area contributed by atoms with Crippen LogP contribution in [0.4, 0.5) is 0 Å². The van der Waals surface area contributed by atoms with Crippen molar-refractivity contribution in [1.29, 1.82) is 0 Å². The highest BCUT2D eigenvalue weighted by Gasteiger charge is 2.18. The van der Waals surface area contributed by atoms with Crippen molar-refractivity contribution in [2.24, 2.45) is 0 Å². The molecule has 18 heavy (non-hydrogen) atoms. The minimum atomic E-state index is -0.520. The fraction of sp³-hybridized carbons (Fsp3) is 0.455. The van der Waals surface area contributed by atoms with Crippen molar-refractivity contribution < 1.29 is 9.53 Å². The largest absolute Gasteiger partial charge is 0.459 e. The number of ether oxygens (including phenoxy) is 1. The molecular weight excluding hydrogens is 256 g/mol. The molecule has 0 aliphatic carbocycles. The molecule has 96 valence electrons. The van der Waals surface area contributed by atoms with Crippen molar-refractivity contribution in [3.05, 3.63) is 17.8 Å². The van der Waals surface area contributed by atoms with E-state index in [0.29, 0.717) is 11.2 Å². The first-order chi connectivity index (χ1) is 8.37. The average molecular weight is 269 g/mol. The fourth-order valence-corrected chi connectivity index (χ4v) is 1.74. The smallest absolute Gasteiger partial charge is 0.326 e. The van der Waals surface area contributed by atoms with Gasteiger partial charge in [0.25, 0.3) is 0 Å². The molecule has 2 aromatic rings. The number of nitrogens with zero attached hydrogens (tertiary/aromatic N) is 4. The van der Waals surface area contributed by atoms with Crippen molar-refractivity contribution in [3.8, 4) is 0 Å². The maximum atomic E-state index is 11.7. The van der Waals surface area contributed by atoms with E-state index >= 15 is 0 Å². The first kappa shape index (κ1) is 12.8. The third-order valence-corrected chi connectivity index (χ3v) is 2.36. The molecule has 0 aromatic carbocycles. The van der Waals surface area contributed by atoms with E-state index in [9.17, 15) is 4.79 Å². The van der Waals surface area contributed by atoms with Crippen LogP contribution in [0.5, 0.6) is 0 Å². The minimum absolute atomic E-state index is 0.0286. The lowest BCUT2D eigenvalue weighted by molar-refractivity contribution is -0.155. The lowest BCUT2D eigenvalue weighted by Crippen LogP contribution is -2.26. The van der Waals surface area contributed by atoms with Crippen LogP contribution < -0.4 is 0 Å². The van der Waals surface area contributed by atoms with Crippen LogP contribution in [0.25, 0.3) is 11.2 Å². The summed E-state index contributed by atoms with van der Waals surface area (Å²) >= 11 is 5.96. The number of hydrogen-bond donors (Lipinski definition) is 0. The van der Waals surface area contributed by atoms with Gasteiger partial charge in [-0.3, -0.25) is 4.79 Å². The highest BCUT2D eigenvalue weighted by molar-refractivity contribution is 6.33. The molecule has 2 heterocycles. The summed E-state index contributed by atoms with van der Waals surface area (Å²) < 4.78 is 6.80. The summed E-state index contributed by atoms with van der Waals surface area (Å²) in [5.41, 5.74) is 0.469. The molecule has 0 N–H and O–H groups in total. The van der Waals surface area contributed by atoms with Crippen molar-refractivity contribution in [2.75, 3.05) is 0 Å². The lowest BCUT2D eigenvalue weighted by Gasteiger charge is -2.19. The van der Waals surface area contributed by atoms with Gasteiger partial charge >= 0.3 is 5.97 Å². The van der Waals surface area contributed by atoms with E-state index in [0.717, 1.165) is 0 Å². The van der Waals surface area contributed by atoms with Gasteiger partial charge in [0.2, 0.25) is 0 Å². The van der Waals surface area contributed by atoms with Gasteiger partial charge < -0.3 is 9.30 Å². The molecule has 0 fully saturated rings. The molecular formula is C11H13ClN4O2. The summed E-state index contributed by atoms with van der Waals surface area (Å²) in [5.74, 6) is -0.360. The second-order valence-electron chi connectivity index (χ2n) is 4.80. The van der Waals surface area contributed by atoms with Crippen molar-refractivity contribution in [2.45, 2.75) is 32.9 Å². The Balaban J connectivity index is 2.25. The number of esters is 1. The van der Waals surface area contributed by atoms with Gasteiger partial charge in [0.05, 0.1) is 6.33 Å². The SMILES string of the molecule is CC(C)(C)OC(=O)Cn1cnc2ncnc(Cl)c21. The van der Waals surface area contributed by atoms with Crippen LogP contribution >= 0.6 is 11.6 Å². The first-order valence-electron chi connectivity index (χ1n) is 5.40. The Bertz CT molecular complexity index is 588. The molecule has 0 saturated carbocycles. The van der Waals surface area contributed by atoms with E-state index in [1.165, 1.54) is 12.7 Å². The number of imidazole rings is 1. The molecule has 6 nitrogen and oxygen atoms in total. The number of rotatable bonds is 2. The predicted octanol–water partition coefficient (Wildman–Crippen LogP) is 1.82. The summed E-state index contributed by atoms with van der Waals surface area (Å²) in [4.78, 5) is 23.6. The van der Waals surface area contributed by atoms with Crippen LogP contribution in [0.3, 0.4) is 0 Å². The van der Waals surface area contributed by atoms with Gasteiger partial charge in [-0.05, 0) is 20.8 Å². The lowest BCUT2D eigenvalue weighted by atomic mass is 10.2. The van der Waals surface area contributed by atoms with E-state index in [4.69, 9.17) is 16.3 Å². The van der Waals surface area contributed by atoms with E-state index in [1.54, 1.807) is 4.57 Å². The Labute approximate surface area is 109 Å². The fourth-order valence-electron chi connectivity index (χ4n) is 1.51. The van der Waals surface area contributed by atoms with Gasteiger partial charge in [0.15, 0.2) is 10.8 Å².